The summed E-state index contributed by atoms with van der Waals surface area (Å²) in [6.07, 6.45) is 4.24. The smallest absolute Gasteiger partial charge is 0.0187 e. The molecule has 0 aliphatic carbocycles. The molecule has 1 atom stereocenters. The third-order valence-corrected chi connectivity index (χ3v) is 2.01. The maximum atomic E-state index is 5.52. The van der Waals surface area contributed by atoms with Gasteiger partial charge in [-0.3, -0.25) is 0 Å². The lowest BCUT2D eigenvalue weighted by Crippen LogP contribution is -2.35. The molecule has 0 spiro atoms. The molecule has 0 aliphatic heterocycles. The summed E-state index contributed by atoms with van der Waals surface area (Å²) in [7, 11) is 2.11. The predicted molar refractivity (Wildman–Crippen MR) is 50.6 cm³/mol. The van der Waals surface area contributed by atoms with E-state index in [1.807, 2.05) is 6.08 Å². The lowest BCUT2D eigenvalue weighted by Gasteiger charge is -2.22. The van der Waals surface area contributed by atoms with Crippen molar-refractivity contribution in [1.82, 2.24) is 4.90 Å². The largest absolute Gasteiger partial charge is 0.329 e. The van der Waals surface area contributed by atoms with E-state index in [9.17, 15) is 0 Å². The second kappa shape index (κ2) is 6.38. The van der Waals surface area contributed by atoms with Crippen LogP contribution in [0, 0.1) is 0 Å². The third kappa shape index (κ3) is 4.99. The van der Waals surface area contributed by atoms with E-state index < -0.39 is 0 Å². The van der Waals surface area contributed by atoms with Crippen LogP contribution in [0.4, 0.5) is 0 Å². The fourth-order valence-corrected chi connectivity index (χ4v) is 0.885. The third-order valence-electron chi connectivity index (χ3n) is 2.01. The summed E-state index contributed by atoms with van der Waals surface area (Å²) in [6, 6.07) is 0.500. The van der Waals surface area contributed by atoms with E-state index in [0.29, 0.717) is 6.04 Å². The Balaban J connectivity index is 3.34. The minimum atomic E-state index is 0.500. The van der Waals surface area contributed by atoms with Crippen LogP contribution in [-0.4, -0.2) is 31.1 Å². The van der Waals surface area contributed by atoms with Gasteiger partial charge in [0.25, 0.3) is 0 Å². The lowest BCUT2D eigenvalue weighted by molar-refractivity contribution is 0.260. The molecule has 0 fully saturated rings. The number of hydrogen-bond donors (Lipinski definition) is 1. The lowest BCUT2D eigenvalue weighted by atomic mass is 10.2. The number of rotatable bonds is 6. The average Bonchev–Trinajstić information content (AvgIpc) is 2.03. The number of allylic oxidation sites excluding steroid dienone is 1. The maximum absolute atomic E-state index is 5.52. The average molecular weight is 156 g/mol. The van der Waals surface area contributed by atoms with Crippen LogP contribution in [0.1, 0.15) is 19.8 Å². The second-order valence-corrected chi connectivity index (χ2v) is 3.00. The van der Waals surface area contributed by atoms with E-state index >= 15 is 0 Å². The van der Waals surface area contributed by atoms with Crippen molar-refractivity contribution in [2.24, 2.45) is 5.73 Å². The number of likely N-dealkylation sites (N-methyl/N-ethyl adjacent to an activating group) is 1. The van der Waals surface area contributed by atoms with Crippen molar-refractivity contribution >= 4 is 0 Å². The molecular formula is C9H20N2. The molecule has 0 aromatic rings. The number of unbranched alkanes of at least 4 members (excludes halogenated alkanes) is 1. The van der Waals surface area contributed by atoms with E-state index in [2.05, 4.69) is 25.5 Å². The van der Waals surface area contributed by atoms with Crippen molar-refractivity contribution in [3.8, 4) is 0 Å². The molecule has 2 N–H and O–H groups in total. The summed E-state index contributed by atoms with van der Waals surface area (Å²) in [6.45, 7) is 7.68. The second-order valence-electron chi connectivity index (χ2n) is 3.00. The highest BCUT2D eigenvalue weighted by atomic mass is 15.1. The highest BCUT2D eigenvalue weighted by Crippen LogP contribution is 1.97. The van der Waals surface area contributed by atoms with Gasteiger partial charge in [-0.2, -0.15) is 0 Å². The van der Waals surface area contributed by atoms with Gasteiger partial charge in [-0.05, 0) is 33.4 Å². The number of nitrogens with two attached hydrogens (primary N) is 1. The Morgan fingerprint density at radius 2 is 2.27 bits per heavy atom. The first-order valence-electron chi connectivity index (χ1n) is 4.23. The van der Waals surface area contributed by atoms with Gasteiger partial charge in [0.05, 0.1) is 0 Å². The molecule has 2 nitrogen and oxygen atoms in total. The van der Waals surface area contributed by atoms with E-state index in [1.165, 1.54) is 6.42 Å². The molecule has 0 amide bonds. The van der Waals surface area contributed by atoms with Crippen LogP contribution in [0.15, 0.2) is 12.7 Å². The molecule has 0 bridgehead atoms. The molecule has 0 heterocycles. The van der Waals surface area contributed by atoms with Gasteiger partial charge in [0.1, 0.15) is 0 Å². The van der Waals surface area contributed by atoms with Gasteiger partial charge in [-0.1, -0.05) is 6.08 Å². The molecule has 2 heteroatoms. The molecule has 0 radical (unpaired) electrons. The fraction of sp³-hybridized carbons (Fsp3) is 0.778. The van der Waals surface area contributed by atoms with Gasteiger partial charge >= 0.3 is 0 Å². The Morgan fingerprint density at radius 1 is 1.64 bits per heavy atom. The standard InChI is InChI=1S/C9H20N2/c1-4-5-6-7-11(3)9(2)8-10/h4,9H,1,5-8,10H2,2-3H3. The maximum Gasteiger partial charge on any atom is 0.0187 e. The van der Waals surface area contributed by atoms with Gasteiger partial charge in [-0.15, -0.1) is 6.58 Å². The monoisotopic (exact) mass is 156 g/mol. The fourth-order valence-electron chi connectivity index (χ4n) is 0.885. The van der Waals surface area contributed by atoms with Crippen LogP contribution in [-0.2, 0) is 0 Å². The Hall–Kier alpha value is -0.340. The normalized spacial score (nSPS) is 13.5. The van der Waals surface area contributed by atoms with Crippen molar-refractivity contribution in [1.29, 1.82) is 0 Å². The molecule has 0 aromatic heterocycles. The summed E-state index contributed by atoms with van der Waals surface area (Å²) in [5.41, 5.74) is 5.52. The summed E-state index contributed by atoms with van der Waals surface area (Å²) in [5, 5.41) is 0. The van der Waals surface area contributed by atoms with Crippen LogP contribution in [0.2, 0.25) is 0 Å². The zero-order valence-electron chi connectivity index (χ0n) is 7.71. The van der Waals surface area contributed by atoms with Gasteiger partial charge in [0.15, 0.2) is 0 Å². The topological polar surface area (TPSA) is 29.3 Å². The van der Waals surface area contributed by atoms with E-state index in [0.717, 1.165) is 19.5 Å². The first kappa shape index (κ1) is 10.7. The predicted octanol–water partition coefficient (Wildman–Crippen LogP) is 1.23. The van der Waals surface area contributed by atoms with E-state index in [1.54, 1.807) is 0 Å². The molecule has 0 aliphatic rings. The van der Waals surface area contributed by atoms with Crippen LogP contribution in [0.25, 0.3) is 0 Å². The summed E-state index contributed by atoms with van der Waals surface area (Å²) in [5.74, 6) is 0. The Labute approximate surface area is 70.1 Å². The molecular weight excluding hydrogens is 136 g/mol. The molecule has 1 unspecified atom stereocenters. The van der Waals surface area contributed by atoms with Gasteiger partial charge in [-0.25, -0.2) is 0 Å². The first-order chi connectivity index (χ1) is 5.22. The molecule has 66 valence electrons. The minimum absolute atomic E-state index is 0.500. The quantitative estimate of drug-likeness (QED) is 0.463. The SMILES string of the molecule is C=CCCCN(C)C(C)CN. The van der Waals surface area contributed by atoms with Crippen molar-refractivity contribution in [2.45, 2.75) is 25.8 Å². The zero-order chi connectivity index (χ0) is 8.69. The Morgan fingerprint density at radius 3 is 2.73 bits per heavy atom. The van der Waals surface area contributed by atoms with Gasteiger partial charge < -0.3 is 10.6 Å². The van der Waals surface area contributed by atoms with Crippen molar-refractivity contribution < 1.29 is 0 Å². The van der Waals surface area contributed by atoms with Gasteiger partial charge in [0, 0.05) is 12.6 Å². The highest BCUT2D eigenvalue weighted by molar-refractivity contribution is 4.69. The van der Waals surface area contributed by atoms with E-state index in [4.69, 9.17) is 5.73 Å². The Bertz CT molecular complexity index is 102. The number of nitrogens with zero attached hydrogens (tertiary/aromatic N) is 1. The summed E-state index contributed by atoms with van der Waals surface area (Å²) < 4.78 is 0. The van der Waals surface area contributed by atoms with Crippen molar-refractivity contribution in [3.63, 3.8) is 0 Å². The highest BCUT2D eigenvalue weighted by Gasteiger charge is 2.04. The molecule has 0 saturated carbocycles. The zero-order valence-corrected chi connectivity index (χ0v) is 7.71. The van der Waals surface area contributed by atoms with E-state index in [-0.39, 0.29) is 0 Å². The van der Waals surface area contributed by atoms with Gasteiger partial charge in [0.2, 0.25) is 0 Å². The van der Waals surface area contributed by atoms with Crippen LogP contribution in [0.5, 0.6) is 0 Å². The van der Waals surface area contributed by atoms with Crippen molar-refractivity contribution in [3.05, 3.63) is 12.7 Å². The molecule has 0 rings (SSSR count). The molecule has 0 aromatic carbocycles. The minimum Gasteiger partial charge on any atom is -0.329 e. The molecule has 0 saturated heterocycles. The summed E-state index contributed by atoms with van der Waals surface area (Å²) >= 11 is 0. The van der Waals surface area contributed by atoms with Crippen molar-refractivity contribution in [2.75, 3.05) is 20.1 Å². The van der Waals surface area contributed by atoms with Crippen LogP contribution >= 0.6 is 0 Å². The van der Waals surface area contributed by atoms with Crippen LogP contribution < -0.4 is 5.73 Å². The first-order valence-corrected chi connectivity index (χ1v) is 4.23. The molecule has 11 heavy (non-hydrogen) atoms. The number of hydrogen-bond acceptors (Lipinski definition) is 2. The summed E-state index contributed by atoms with van der Waals surface area (Å²) in [4.78, 5) is 2.28. The van der Waals surface area contributed by atoms with Crippen LogP contribution in [0.3, 0.4) is 0 Å². The Kier molecular flexibility index (Phi) is 6.18.